The number of sulfonamides is 1. The van der Waals surface area contributed by atoms with Gasteiger partial charge in [0, 0.05) is 25.0 Å². The van der Waals surface area contributed by atoms with Crippen molar-refractivity contribution in [3.05, 3.63) is 72.8 Å². The number of carbonyl (C=O) groups is 1. The standard InChI is InChI=1S/C27H28N6O3S/c34-26(21-9-10-21)29-27-28-24-7-4-8-25(33(24)30-27)32-17-15-22(16-18-32)31-37(35,36)23-13-11-20(12-14-23)19-5-2-1-3-6-19/h1-8,11-14,21-22,31H,9-10,15-18H2,(H,29,30,34). The molecule has 1 amide bonds. The quantitative estimate of drug-likeness (QED) is 0.388. The summed E-state index contributed by atoms with van der Waals surface area (Å²) in [6, 6.07) is 22.5. The number of anilines is 2. The monoisotopic (exact) mass is 516 g/mol. The SMILES string of the molecule is O=C(Nc1nc2cccc(N3CCC(NS(=O)(=O)c4ccc(-c5ccccc5)cc4)CC3)n2n1)C1CC1. The van der Waals surface area contributed by atoms with Crippen LogP contribution in [-0.2, 0) is 14.8 Å². The Morgan fingerprint density at radius 2 is 1.54 bits per heavy atom. The molecular weight excluding hydrogens is 488 g/mol. The molecule has 190 valence electrons. The van der Waals surface area contributed by atoms with E-state index in [0.29, 0.717) is 37.5 Å². The zero-order valence-electron chi connectivity index (χ0n) is 20.2. The Morgan fingerprint density at radius 3 is 2.24 bits per heavy atom. The van der Waals surface area contributed by atoms with Crippen molar-refractivity contribution in [1.29, 1.82) is 0 Å². The van der Waals surface area contributed by atoms with E-state index in [0.717, 1.165) is 29.8 Å². The van der Waals surface area contributed by atoms with E-state index in [1.165, 1.54) is 0 Å². The number of benzene rings is 2. The molecule has 1 saturated carbocycles. The number of hydrogen-bond donors (Lipinski definition) is 2. The number of carbonyl (C=O) groups excluding carboxylic acids is 1. The molecule has 9 nitrogen and oxygen atoms in total. The van der Waals surface area contributed by atoms with Crippen LogP contribution in [0.2, 0.25) is 0 Å². The van der Waals surface area contributed by atoms with Gasteiger partial charge in [-0.15, -0.1) is 5.10 Å². The normalized spacial score (nSPS) is 16.7. The minimum atomic E-state index is -3.62. The lowest BCUT2D eigenvalue weighted by Gasteiger charge is -2.33. The Bertz CT molecular complexity index is 1520. The molecule has 3 heterocycles. The van der Waals surface area contributed by atoms with Crippen LogP contribution in [0.4, 0.5) is 11.8 Å². The van der Waals surface area contributed by atoms with Crippen LogP contribution >= 0.6 is 0 Å². The van der Waals surface area contributed by atoms with E-state index in [4.69, 9.17) is 0 Å². The van der Waals surface area contributed by atoms with Gasteiger partial charge in [0.25, 0.3) is 0 Å². The van der Waals surface area contributed by atoms with E-state index in [1.54, 1.807) is 16.6 Å². The minimum Gasteiger partial charge on any atom is -0.356 e. The second-order valence-corrected chi connectivity index (χ2v) is 11.3. The van der Waals surface area contributed by atoms with Crippen LogP contribution < -0.4 is 14.9 Å². The van der Waals surface area contributed by atoms with Crippen LogP contribution in [0, 0.1) is 5.92 Å². The third-order valence-corrected chi connectivity index (χ3v) is 8.47. The molecule has 4 aromatic rings. The molecule has 1 aliphatic carbocycles. The lowest BCUT2D eigenvalue weighted by atomic mass is 10.1. The number of nitrogens with one attached hydrogen (secondary N) is 2. The molecule has 10 heteroatoms. The predicted molar refractivity (Wildman–Crippen MR) is 142 cm³/mol. The highest BCUT2D eigenvalue weighted by atomic mass is 32.2. The maximum Gasteiger partial charge on any atom is 0.249 e. The summed E-state index contributed by atoms with van der Waals surface area (Å²) in [6.07, 6.45) is 3.17. The van der Waals surface area contributed by atoms with E-state index in [2.05, 4.69) is 25.0 Å². The lowest BCUT2D eigenvalue weighted by Crippen LogP contribution is -2.45. The lowest BCUT2D eigenvalue weighted by molar-refractivity contribution is -0.117. The summed E-state index contributed by atoms with van der Waals surface area (Å²) in [5, 5.41) is 7.31. The second kappa shape index (κ2) is 9.60. The van der Waals surface area contributed by atoms with Crippen LogP contribution in [0.5, 0.6) is 0 Å². The molecule has 0 atom stereocenters. The summed E-state index contributed by atoms with van der Waals surface area (Å²) in [5.41, 5.74) is 2.68. The zero-order valence-corrected chi connectivity index (χ0v) is 21.1. The van der Waals surface area contributed by atoms with Gasteiger partial charge in [-0.25, -0.2) is 13.1 Å². The molecule has 6 rings (SSSR count). The van der Waals surface area contributed by atoms with E-state index in [-0.39, 0.29) is 22.8 Å². The third-order valence-electron chi connectivity index (χ3n) is 6.94. The summed E-state index contributed by atoms with van der Waals surface area (Å²) in [5.74, 6) is 1.23. The van der Waals surface area contributed by atoms with Gasteiger partial charge in [0.05, 0.1) is 4.90 Å². The number of piperidine rings is 1. The summed E-state index contributed by atoms with van der Waals surface area (Å²) in [6.45, 7) is 1.34. The number of nitrogens with zero attached hydrogens (tertiary/aromatic N) is 4. The third kappa shape index (κ3) is 5.07. The minimum absolute atomic E-state index is 0.0275. The average Bonchev–Trinajstić information content (AvgIpc) is 3.69. The Labute approximate surface area is 215 Å². The topological polar surface area (TPSA) is 109 Å². The van der Waals surface area contributed by atoms with Gasteiger partial charge in [0.2, 0.25) is 21.9 Å². The van der Waals surface area contributed by atoms with Gasteiger partial charge >= 0.3 is 0 Å². The number of fused-ring (bicyclic) bond motifs is 1. The molecule has 2 N–H and O–H groups in total. The number of pyridine rings is 1. The average molecular weight is 517 g/mol. The smallest absolute Gasteiger partial charge is 0.249 e. The van der Waals surface area contributed by atoms with Crippen LogP contribution in [0.3, 0.4) is 0 Å². The first-order chi connectivity index (χ1) is 18.0. The molecule has 0 bridgehead atoms. The summed E-state index contributed by atoms with van der Waals surface area (Å²) in [7, 11) is -3.62. The number of amides is 1. The van der Waals surface area contributed by atoms with E-state index in [1.807, 2.05) is 60.7 Å². The van der Waals surface area contributed by atoms with Crippen molar-refractivity contribution >= 4 is 33.3 Å². The van der Waals surface area contributed by atoms with Gasteiger partial charge < -0.3 is 4.90 Å². The van der Waals surface area contributed by atoms with Crippen molar-refractivity contribution in [2.24, 2.45) is 5.92 Å². The molecule has 37 heavy (non-hydrogen) atoms. The van der Waals surface area contributed by atoms with Gasteiger partial charge in [-0.05, 0) is 61.1 Å². The molecule has 2 fully saturated rings. The predicted octanol–water partition coefficient (Wildman–Crippen LogP) is 3.69. The van der Waals surface area contributed by atoms with Crippen LogP contribution in [0.15, 0.2) is 77.7 Å². The molecule has 2 aromatic carbocycles. The Morgan fingerprint density at radius 1 is 0.838 bits per heavy atom. The van der Waals surface area contributed by atoms with E-state index < -0.39 is 10.0 Å². The molecule has 2 aliphatic rings. The first-order valence-corrected chi connectivity index (χ1v) is 14.0. The summed E-state index contributed by atoms with van der Waals surface area (Å²) >= 11 is 0. The highest BCUT2D eigenvalue weighted by molar-refractivity contribution is 7.89. The van der Waals surface area contributed by atoms with Crippen molar-refractivity contribution in [1.82, 2.24) is 19.3 Å². The van der Waals surface area contributed by atoms with Gasteiger partial charge in [-0.3, -0.25) is 10.1 Å². The maximum atomic E-state index is 13.0. The molecule has 1 aliphatic heterocycles. The van der Waals surface area contributed by atoms with Gasteiger partial charge in [-0.1, -0.05) is 48.5 Å². The Kier molecular flexibility index (Phi) is 6.13. The zero-order chi connectivity index (χ0) is 25.4. The fourth-order valence-electron chi connectivity index (χ4n) is 4.71. The van der Waals surface area contributed by atoms with Crippen LogP contribution in [-0.4, -0.2) is 48.1 Å². The van der Waals surface area contributed by atoms with Crippen molar-refractivity contribution < 1.29 is 13.2 Å². The first kappa shape index (κ1) is 23.6. The molecule has 2 aromatic heterocycles. The van der Waals surface area contributed by atoms with Gasteiger partial charge in [0.1, 0.15) is 5.82 Å². The van der Waals surface area contributed by atoms with E-state index >= 15 is 0 Å². The van der Waals surface area contributed by atoms with Gasteiger partial charge in [0.15, 0.2) is 5.65 Å². The van der Waals surface area contributed by atoms with Crippen molar-refractivity contribution in [3.63, 3.8) is 0 Å². The number of hydrogen-bond acceptors (Lipinski definition) is 6. The van der Waals surface area contributed by atoms with E-state index in [9.17, 15) is 13.2 Å². The Hall–Kier alpha value is -3.76. The number of aromatic nitrogens is 3. The Balaban J connectivity index is 1.10. The van der Waals surface area contributed by atoms with Crippen molar-refractivity contribution in [2.45, 2.75) is 36.6 Å². The largest absolute Gasteiger partial charge is 0.356 e. The maximum absolute atomic E-state index is 13.0. The second-order valence-electron chi connectivity index (χ2n) is 9.63. The number of rotatable bonds is 7. The molecule has 0 radical (unpaired) electrons. The molecular formula is C27H28N6O3S. The highest BCUT2D eigenvalue weighted by Gasteiger charge is 2.31. The summed E-state index contributed by atoms with van der Waals surface area (Å²) in [4.78, 5) is 19.0. The van der Waals surface area contributed by atoms with Crippen LogP contribution in [0.1, 0.15) is 25.7 Å². The fourth-order valence-corrected chi connectivity index (χ4v) is 6.02. The van der Waals surface area contributed by atoms with Gasteiger partial charge in [-0.2, -0.15) is 9.50 Å². The molecule has 0 spiro atoms. The highest BCUT2D eigenvalue weighted by Crippen LogP contribution is 2.30. The van der Waals surface area contributed by atoms with Crippen molar-refractivity contribution in [3.8, 4) is 11.1 Å². The van der Waals surface area contributed by atoms with Crippen LogP contribution in [0.25, 0.3) is 16.8 Å². The summed E-state index contributed by atoms with van der Waals surface area (Å²) < 4.78 is 30.7. The fraction of sp³-hybridized carbons (Fsp3) is 0.296. The first-order valence-electron chi connectivity index (χ1n) is 12.6. The van der Waals surface area contributed by atoms with Crippen molar-refractivity contribution in [2.75, 3.05) is 23.3 Å². The molecule has 0 unspecified atom stereocenters. The molecule has 1 saturated heterocycles.